The van der Waals surface area contributed by atoms with Gasteiger partial charge in [-0.2, -0.15) is 0 Å². The van der Waals surface area contributed by atoms with E-state index in [0.717, 1.165) is 23.3 Å². The first-order valence-corrected chi connectivity index (χ1v) is 10.4. The second-order valence-corrected chi connectivity index (χ2v) is 7.25. The lowest BCUT2D eigenvalue weighted by Gasteiger charge is -2.10. The molecule has 6 nitrogen and oxygen atoms in total. The fourth-order valence-electron chi connectivity index (χ4n) is 2.77. The maximum absolute atomic E-state index is 12.7. The molecule has 0 fully saturated rings. The maximum atomic E-state index is 12.7. The smallest absolute Gasteiger partial charge is 0.257 e. The Bertz CT molecular complexity index is 987. The van der Waals surface area contributed by atoms with E-state index < -0.39 is 0 Å². The Morgan fingerprint density at radius 2 is 2.00 bits per heavy atom. The third-order valence-electron chi connectivity index (χ3n) is 4.20. The van der Waals surface area contributed by atoms with Crippen LogP contribution >= 0.6 is 11.3 Å². The van der Waals surface area contributed by atoms with E-state index in [2.05, 4.69) is 10.3 Å². The molecule has 7 heteroatoms. The van der Waals surface area contributed by atoms with Gasteiger partial charge in [-0.25, -0.2) is 4.98 Å². The number of aromatic nitrogens is 1. The number of anilines is 1. The first-order valence-electron chi connectivity index (χ1n) is 9.48. The molecule has 156 valence electrons. The van der Waals surface area contributed by atoms with Gasteiger partial charge in [-0.1, -0.05) is 30.4 Å². The molecule has 0 saturated carbocycles. The Hall–Kier alpha value is -3.16. The number of rotatable bonds is 10. The highest BCUT2D eigenvalue weighted by atomic mass is 32.1. The number of hydrogen-bond donors (Lipinski definition) is 1. The highest BCUT2D eigenvalue weighted by Crippen LogP contribution is 2.24. The summed E-state index contributed by atoms with van der Waals surface area (Å²) in [4.78, 5) is 16.8. The molecule has 0 aliphatic carbocycles. The number of nitrogens with zero attached hydrogens (tertiary/aromatic N) is 1. The number of amides is 1. The Morgan fingerprint density at radius 3 is 2.77 bits per heavy atom. The summed E-state index contributed by atoms with van der Waals surface area (Å²) in [5.74, 6) is 1.17. The van der Waals surface area contributed by atoms with Gasteiger partial charge in [0.1, 0.15) is 11.5 Å². The lowest BCUT2D eigenvalue weighted by atomic mass is 10.1. The maximum Gasteiger partial charge on any atom is 0.257 e. The molecule has 0 saturated heterocycles. The van der Waals surface area contributed by atoms with E-state index >= 15 is 0 Å². The zero-order valence-corrected chi connectivity index (χ0v) is 17.8. The molecule has 1 aromatic heterocycles. The van der Waals surface area contributed by atoms with Crippen molar-refractivity contribution in [2.24, 2.45) is 0 Å². The van der Waals surface area contributed by atoms with Crippen molar-refractivity contribution in [1.82, 2.24) is 4.98 Å². The number of nitrogens with one attached hydrogen (secondary N) is 1. The fraction of sp³-hybridized carbons (Fsp3) is 0.217. The number of methoxy groups -OCH3 is 2. The van der Waals surface area contributed by atoms with Crippen molar-refractivity contribution in [1.29, 1.82) is 0 Å². The molecule has 0 bridgehead atoms. The van der Waals surface area contributed by atoms with Crippen LogP contribution in [0, 0.1) is 0 Å². The van der Waals surface area contributed by atoms with Crippen molar-refractivity contribution in [3.05, 3.63) is 70.7 Å². The number of para-hydroxylation sites is 1. The van der Waals surface area contributed by atoms with Gasteiger partial charge in [0.05, 0.1) is 13.7 Å². The van der Waals surface area contributed by atoms with Gasteiger partial charge >= 0.3 is 0 Å². The summed E-state index contributed by atoms with van der Waals surface area (Å²) in [5, 5.41) is 5.18. The minimum absolute atomic E-state index is 0.237. The molecule has 3 rings (SSSR count). The van der Waals surface area contributed by atoms with Crippen LogP contribution in [-0.2, 0) is 4.74 Å². The van der Waals surface area contributed by atoms with Crippen LogP contribution in [0.4, 0.5) is 5.13 Å². The number of ether oxygens (including phenoxy) is 3. The van der Waals surface area contributed by atoms with Crippen LogP contribution in [0.15, 0.2) is 54.0 Å². The third-order valence-corrected chi connectivity index (χ3v) is 4.89. The fourth-order valence-corrected chi connectivity index (χ4v) is 3.29. The van der Waals surface area contributed by atoms with Crippen LogP contribution in [0.2, 0.25) is 0 Å². The Labute approximate surface area is 180 Å². The molecule has 1 heterocycles. The molecule has 0 radical (unpaired) electrons. The second kappa shape index (κ2) is 11.1. The van der Waals surface area contributed by atoms with Gasteiger partial charge in [0, 0.05) is 42.8 Å². The van der Waals surface area contributed by atoms with Crippen LogP contribution < -0.4 is 14.8 Å². The van der Waals surface area contributed by atoms with Crippen LogP contribution in [-0.4, -0.2) is 38.3 Å². The summed E-state index contributed by atoms with van der Waals surface area (Å²) in [5.41, 5.74) is 2.28. The van der Waals surface area contributed by atoms with Crippen LogP contribution in [0.25, 0.3) is 12.2 Å². The minimum Gasteiger partial charge on any atom is -0.496 e. The van der Waals surface area contributed by atoms with Gasteiger partial charge in [-0.15, -0.1) is 11.3 Å². The summed E-state index contributed by atoms with van der Waals surface area (Å²) < 4.78 is 16.3. The van der Waals surface area contributed by atoms with Crippen LogP contribution in [0.3, 0.4) is 0 Å². The largest absolute Gasteiger partial charge is 0.496 e. The highest BCUT2D eigenvalue weighted by Gasteiger charge is 2.11. The normalized spacial score (nSPS) is 10.9. The highest BCUT2D eigenvalue weighted by molar-refractivity contribution is 7.13. The minimum atomic E-state index is -0.237. The number of benzene rings is 2. The average Bonchev–Trinajstić information content (AvgIpc) is 3.28. The van der Waals surface area contributed by atoms with E-state index in [1.807, 2.05) is 53.9 Å². The molecule has 2 aromatic carbocycles. The Kier molecular flexibility index (Phi) is 8.00. The van der Waals surface area contributed by atoms with Gasteiger partial charge < -0.3 is 14.2 Å². The summed E-state index contributed by atoms with van der Waals surface area (Å²) in [6.45, 7) is 1.12. The van der Waals surface area contributed by atoms with E-state index in [-0.39, 0.29) is 5.91 Å². The summed E-state index contributed by atoms with van der Waals surface area (Å²) >= 11 is 1.37. The molecule has 0 aliphatic heterocycles. The molecule has 0 unspecified atom stereocenters. The van der Waals surface area contributed by atoms with Gasteiger partial charge in [0.15, 0.2) is 5.13 Å². The average molecular weight is 425 g/mol. The molecular weight excluding hydrogens is 400 g/mol. The van der Waals surface area contributed by atoms with E-state index in [0.29, 0.717) is 29.7 Å². The molecule has 1 amide bonds. The van der Waals surface area contributed by atoms with Crippen molar-refractivity contribution < 1.29 is 19.0 Å². The Morgan fingerprint density at radius 1 is 1.13 bits per heavy atom. The van der Waals surface area contributed by atoms with Crippen molar-refractivity contribution in [3.63, 3.8) is 0 Å². The quantitative estimate of drug-likeness (QED) is 0.367. The molecular formula is C23H24N2O4S. The van der Waals surface area contributed by atoms with Crippen LogP contribution in [0.5, 0.6) is 11.5 Å². The SMILES string of the molecule is COCCCOc1cc(/C=C/c2ccccc2OC)cc(C(=O)Nc2nccs2)c1. The number of carbonyl (C=O) groups excluding carboxylic acids is 1. The topological polar surface area (TPSA) is 69.7 Å². The summed E-state index contributed by atoms with van der Waals surface area (Å²) in [6.07, 6.45) is 6.29. The summed E-state index contributed by atoms with van der Waals surface area (Å²) in [6, 6.07) is 13.2. The van der Waals surface area contributed by atoms with Gasteiger partial charge in [-0.3, -0.25) is 10.1 Å². The predicted octanol–water partition coefficient (Wildman–Crippen LogP) is 4.99. The van der Waals surface area contributed by atoms with E-state index in [9.17, 15) is 4.79 Å². The van der Waals surface area contributed by atoms with Gasteiger partial charge in [0.2, 0.25) is 0 Å². The van der Waals surface area contributed by atoms with Crippen LogP contribution in [0.1, 0.15) is 27.9 Å². The zero-order chi connectivity index (χ0) is 21.2. The molecule has 1 N–H and O–H groups in total. The number of hydrogen-bond acceptors (Lipinski definition) is 6. The number of thiazole rings is 1. The number of carbonyl (C=O) groups is 1. The lowest BCUT2D eigenvalue weighted by molar-refractivity contribution is 0.102. The molecule has 0 spiro atoms. The van der Waals surface area contributed by atoms with Crippen molar-refractivity contribution >= 4 is 34.5 Å². The standard InChI is InChI=1S/C23H24N2O4S/c1-27-11-5-12-29-20-15-17(8-9-18-6-3-4-7-21(18)28-2)14-19(16-20)22(26)25-23-24-10-13-30-23/h3-4,6-10,13-16H,5,11-12H2,1-2H3,(H,24,25,26)/b9-8+. The first-order chi connectivity index (χ1) is 14.7. The van der Waals surface area contributed by atoms with Crippen molar-refractivity contribution in [3.8, 4) is 11.5 Å². The monoisotopic (exact) mass is 424 g/mol. The second-order valence-electron chi connectivity index (χ2n) is 6.35. The van der Waals surface area contributed by atoms with E-state index in [1.165, 1.54) is 11.3 Å². The summed E-state index contributed by atoms with van der Waals surface area (Å²) in [7, 11) is 3.30. The molecule has 0 aliphatic rings. The molecule has 3 aromatic rings. The van der Waals surface area contributed by atoms with Gasteiger partial charge in [0.25, 0.3) is 5.91 Å². The Balaban J connectivity index is 1.84. The third kappa shape index (κ3) is 6.17. The predicted molar refractivity (Wildman–Crippen MR) is 120 cm³/mol. The van der Waals surface area contributed by atoms with E-state index in [4.69, 9.17) is 14.2 Å². The molecule has 0 atom stereocenters. The van der Waals surface area contributed by atoms with E-state index in [1.54, 1.807) is 26.5 Å². The first kappa shape index (κ1) is 21.5. The lowest BCUT2D eigenvalue weighted by Crippen LogP contribution is -2.12. The van der Waals surface area contributed by atoms with Crippen molar-refractivity contribution in [2.45, 2.75) is 6.42 Å². The zero-order valence-electron chi connectivity index (χ0n) is 17.0. The van der Waals surface area contributed by atoms with Gasteiger partial charge in [-0.05, 0) is 29.8 Å². The van der Waals surface area contributed by atoms with Crippen molar-refractivity contribution in [2.75, 3.05) is 32.8 Å². The molecule has 30 heavy (non-hydrogen) atoms.